The molecule has 0 aliphatic carbocycles. The van der Waals surface area contributed by atoms with Crippen LogP contribution in [0.5, 0.6) is 11.5 Å². The number of anilines is 2. The Balaban J connectivity index is 1.56. The van der Waals surface area contributed by atoms with E-state index in [1.165, 1.54) is 24.6 Å². The first kappa shape index (κ1) is 23.1. The highest BCUT2D eigenvalue weighted by Crippen LogP contribution is 2.41. The molecule has 2 heterocycles. The standard InChI is InChI=1S/C28H27N3O3S/c1-33-24-19-23(30-15-9-10-16-30)25(34-2)17-20(24)18-26-27(32)31(22-13-7-4-8-14-22)28(35-26)29-21-11-5-3-6-12-21/h3-8,11-14,17-19H,9-10,15-16H2,1-2H3/b26-18-,29-28?. The Kier molecular flexibility index (Phi) is 6.77. The van der Waals surface area contributed by atoms with Gasteiger partial charge in [0.1, 0.15) is 11.5 Å². The number of rotatable bonds is 6. The first-order valence-electron chi connectivity index (χ1n) is 11.6. The SMILES string of the molecule is COc1cc(N2CCCC2)c(OC)cc1/C=C1\SC(=Nc2ccccc2)N(c2ccccc2)C1=O. The van der Waals surface area contributed by atoms with Crippen molar-refractivity contribution in [2.75, 3.05) is 37.1 Å². The van der Waals surface area contributed by atoms with Gasteiger partial charge < -0.3 is 14.4 Å². The molecule has 35 heavy (non-hydrogen) atoms. The van der Waals surface area contributed by atoms with Gasteiger partial charge in [-0.2, -0.15) is 0 Å². The maximum Gasteiger partial charge on any atom is 0.271 e. The van der Waals surface area contributed by atoms with Crippen molar-refractivity contribution in [3.8, 4) is 11.5 Å². The number of hydrogen-bond acceptors (Lipinski definition) is 6. The van der Waals surface area contributed by atoms with Crippen LogP contribution in [0.4, 0.5) is 17.1 Å². The molecule has 0 unspecified atom stereocenters. The molecule has 5 rings (SSSR count). The van der Waals surface area contributed by atoms with Crippen LogP contribution in [-0.4, -0.2) is 38.4 Å². The smallest absolute Gasteiger partial charge is 0.271 e. The number of carbonyl (C=O) groups excluding carboxylic acids is 1. The minimum atomic E-state index is -0.125. The molecule has 3 aromatic rings. The lowest BCUT2D eigenvalue weighted by Crippen LogP contribution is -2.28. The topological polar surface area (TPSA) is 54.4 Å². The Morgan fingerprint density at radius 1 is 0.886 bits per heavy atom. The summed E-state index contributed by atoms with van der Waals surface area (Å²) in [5.74, 6) is 1.35. The number of hydrogen-bond donors (Lipinski definition) is 0. The molecule has 2 fully saturated rings. The lowest BCUT2D eigenvalue weighted by Gasteiger charge is -2.22. The average molecular weight is 486 g/mol. The van der Waals surface area contributed by atoms with Crippen molar-refractivity contribution in [1.82, 2.24) is 0 Å². The summed E-state index contributed by atoms with van der Waals surface area (Å²) in [4.78, 5) is 22.9. The number of para-hydroxylation sites is 2. The lowest BCUT2D eigenvalue weighted by molar-refractivity contribution is -0.113. The Bertz CT molecular complexity index is 1270. The number of aliphatic imine (C=N–C) groups is 1. The van der Waals surface area contributed by atoms with Crippen molar-refractivity contribution in [2.24, 2.45) is 4.99 Å². The fourth-order valence-electron chi connectivity index (χ4n) is 4.33. The highest BCUT2D eigenvalue weighted by molar-refractivity contribution is 8.19. The third kappa shape index (κ3) is 4.77. The molecule has 0 aromatic heterocycles. The Morgan fingerprint density at radius 2 is 1.54 bits per heavy atom. The van der Waals surface area contributed by atoms with Crippen LogP contribution in [0.25, 0.3) is 6.08 Å². The zero-order chi connectivity index (χ0) is 24.2. The zero-order valence-corrected chi connectivity index (χ0v) is 20.6. The molecule has 0 N–H and O–H groups in total. The molecule has 2 saturated heterocycles. The molecule has 0 bridgehead atoms. The molecule has 1 amide bonds. The van der Waals surface area contributed by atoms with E-state index in [4.69, 9.17) is 14.5 Å². The van der Waals surface area contributed by atoms with E-state index < -0.39 is 0 Å². The molecule has 3 aromatic carbocycles. The summed E-state index contributed by atoms with van der Waals surface area (Å²) < 4.78 is 11.5. The highest BCUT2D eigenvalue weighted by Gasteiger charge is 2.35. The summed E-state index contributed by atoms with van der Waals surface area (Å²) in [5.41, 5.74) is 3.37. The number of thioether (sulfide) groups is 1. The Hall–Kier alpha value is -3.71. The zero-order valence-electron chi connectivity index (χ0n) is 19.8. The number of ether oxygens (including phenoxy) is 2. The summed E-state index contributed by atoms with van der Waals surface area (Å²) in [6.07, 6.45) is 4.20. The minimum absolute atomic E-state index is 0.125. The van der Waals surface area contributed by atoms with Crippen molar-refractivity contribution in [1.29, 1.82) is 0 Å². The number of methoxy groups -OCH3 is 2. The Morgan fingerprint density at radius 3 is 2.20 bits per heavy atom. The van der Waals surface area contributed by atoms with E-state index in [0.717, 1.165) is 41.5 Å². The molecule has 7 heteroatoms. The predicted octanol–water partition coefficient (Wildman–Crippen LogP) is 6.11. The fourth-order valence-corrected chi connectivity index (χ4v) is 5.32. The summed E-state index contributed by atoms with van der Waals surface area (Å²) in [6, 6.07) is 23.2. The van der Waals surface area contributed by atoms with E-state index in [2.05, 4.69) is 4.90 Å². The van der Waals surface area contributed by atoms with Gasteiger partial charge in [-0.3, -0.25) is 9.69 Å². The van der Waals surface area contributed by atoms with E-state index >= 15 is 0 Å². The quantitative estimate of drug-likeness (QED) is 0.394. The van der Waals surface area contributed by atoms with Crippen molar-refractivity contribution in [3.63, 3.8) is 0 Å². The molecular formula is C28H27N3O3S. The van der Waals surface area contributed by atoms with E-state index in [9.17, 15) is 4.79 Å². The van der Waals surface area contributed by atoms with Crippen LogP contribution >= 0.6 is 11.8 Å². The maximum absolute atomic E-state index is 13.6. The van der Waals surface area contributed by atoms with Crippen LogP contribution in [0.2, 0.25) is 0 Å². The van der Waals surface area contributed by atoms with Crippen LogP contribution in [-0.2, 0) is 4.79 Å². The van der Waals surface area contributed by atoms with Crippen LogP contribution in [0.3, 0.4) is 0 Å². The molecule has 2 aliphatic rings. The van der Waals surface area contributed by atoms with Gasteiger partial charge in [-0.05, 0) is 61.0 Å². The van der Waals surface area contributed by atoms with E-state index in [1.807, 2.05) is 78.9 Å². The first-order chi connectivity index (χ1) is 17.2. The molecule has 178 valence electrons. The number of amidine groups is 1. The number of nitrogens with zero attached hydrogens (tertiary/aromatic N) is 3. The largest absolute Gasteiger partial charge is 0.496 e. The van der Waals surface area contributed by atoms with Gasteiger partial charge in [0.15, 0.2) is 5.17 Å². The molecule has 0 saturated carbocycles. The van der Waals surface area contributed by atoms with Gasteiger partial charge in [-0.1, -0.05) is 36.4 Å². The second-order valence-electron chi connectivity index (χ2n) is 8.28. The second kappa shape index (κ2) is 10.3. The summed E-state index contributed by atoms with van der Waals surface area (Å²) >= 11 is 1.35. The van der Waals surface area contributed by atoms with E-state index in [1.54, 1.807) is 19.1 Å². The normalized spacial score (nSPS) is 18.1. The van der Waals surface area contributed by atoms with Gasteiger partial charge in [0.05, 0.1) is 36.2 Å². The Labute approximate surface area is 209 Å². The lowest BCUT2D eigenvalue weighted by atomic mass is 10.1. The highest BCUT2D eigenvalue weighted by atomic mass is 32.2. The fraction of sp³-hybridized carbons (Fsp3) is 0.214. The maximum atomic E-state index is 13.6. The number of carbonyl (C=O) groups is 1. The monoisotopic (exact) mass is 485 g/mol. The average Bonchev–Trinajstić information content (AvgIpc) is 3.53. The van der Waals surface area contributed by atoms with Gasteiger partial charge >= 0.3 is 0 Å². The van der Waals surface area contributed by atoms with Gasteiger partial charge in [-0.25, -0.2) is 4.99 Å². The second-order valence-corrected chi connectivity index (χ2v) is 9.29. The molecular weight excluding hydrogens is 458 g/mol. The predicted molar refractivity (Wildman–Crippen MR) is 144 cm³/mol. The van der Waals surface area contributed by atoms with E-state index in [-0.39, 0.29) is 5.91 Å². The van der Waals surface area contributed by atoms with Gasteiger partial charge in [-0.15, -0.1) is 0 Å². The number of benzene rings is 3. The van der Waals surface area contributed by atoms with Gasteiger partial charge in [0, 0.05) is 24.7 Å². The molecule has 0 atom stereocenters. The van der Waals surface area contributed by atoms with Crippen LogP contribution in [0.1, 0.15) is 18.4 Å². The third-order valence-corrected chi connectivity index (χ3v) is 7.04. The third-order valence-electron chi connectivity index (χ3n) is 6.07. The minimum Gasteiger partial charge on any atom is -0.496 e. The molecule has 2 aliphatic heterocycles. The van der Waals surface area contributed by atoms with Crippen molar-refractivity contribution in [2.45, 2.75) is 12.8 Å². The van der Waals surface area contributed by atoms with Gasteiger partial charge in [0.25, 0.3) is 5.91 Å². The summed E-state index contributed by atoms with van der Waals surface area (Å²) in [7, 11) is 3.33. The van der Waals surface area contributed by atoms with Crippen LogP contribution in [0, 0.1) is 0 Å². The molecule has 0 radical (unpaired) electrons. The van der Waals surface area contributed by atoms with Crippen molar-refractivity contribution >= 4 is 46.0 Å². The first-order valence-corrected chi connectivity index (χ1v) is 12.4. The van der Waals surface area contributed by atoms with Crippen molar-refractivity contribution < 1.29 is 14.3 Å². The summed E-state index contributed by atoms with van der Waals surface area (Å²) in [5, 5.41) is 0.610. The van der Waals surface area contributed by atoms with Crippen LogP contribution in [0.15, 0.2) is 82.7 Å². The van der Waals surface area contributed by atoms with E-state index in [0.29, 0.717) is 15.8 Å². The summed E-state index contributed by atoms with van der Waals surface area (Å²) in [6.45, 7) is 2.00. The van der Waals surface area contributed by atoms with Gasteiger partial charge in [0.2, 0.25) is 0 Å². The molecule has 0 spiro atoms. The number of amides is 1. The molecule has 6 nitrogen and oxygen atoms in total. The van der Waals surface area contributed by atoms with Crippen molar-refractivity contribution in [3.05, 3.63) is 83.3 Å². The van der Waals surface area contributed by atoms with Crippen LogP contribution < -0.4 is 19.3 Å².